The average molecular weight is 265 g/mol. The van der Waals surface area contributed by atoms with Crippen molar-refractivity contribution in [3.63, 3.8) is 0 Å². The molecule has 3 nitrogen and oxygen atoms in total. The molecule has 0 aromatic heterocycles. The number of carbonyl (C=O) groups is 1. The fourth-order valence-corrected chi connectivity index (χ4v) is 1.63. The minimum Gasteiger partial charge on any atom is -0.398 e. The molecular formula is C13H10ClFN2O. The number of rotatable bonds is 2. The molecule has 0 aliphatic rings. The van der Waals surface area contributed by atoms with Crippen LogP contribution in [0.3, 0.4) is 0 Å². The molecule has 0 saturated carbocycles. The SMILES string of the molecule is Nc1ccc(Cl)cc1C(=O)Nc1ccc(F)cc1. The third-order valence-electron chi connectivity index (χ3n) is 2.36. The van der Waals surface area contributed by atoms with Gasteiger partial charge in [0.2, 0.25) is 0 Å². The van der Waals surface area contributed by atoms with E-state index in [1.807, 2.05) is 0 Å². The van der Waals surface area contributed by atoms with E-state index in [1.165, 1.54) is 30.3 Å². The molecule has 3 N–H and O–H groups in total. The fraction of sp³-hybridized carbons (Fsp3) is 0. The van der Waals surface area contributed by atoms with Crippen molar-refractivity contribution >= 4 is 28.9 Å². The first-order valence-electron chi connectivity index (χ1n) is 5.18. The normalized spacial score (nSPS) is 10.1. The number of anilines is 2. The molecule has 2 rings (SSSR count). The highest BCUT2D eigenvalue weighted by atomic mass is 35.5. The van der Waals surface area contributed by atoms with Gasteiger partial charge in [0.15, 0.2) is 0 Å². The number of hydrogen-bond acceptors (Lipinski definition) is 2. The van der Waals surface area contributed by atoms with Crippen LogP contribution in [0.2, 0.25) is 5.02 Å². The van der Waals surface area contributed by atoms with E-state index in [1.54, 1.807) is 12.1 Å². The lowest BCUT2D eigenvalue weighted by atomic mass is 10.1. The Morgan fingerprint density at radius 2 is 1.83 bits per heavy atom. The van der Waals surface area contributed by atoms with E-state index >= 15 is 0 Å². The third kappa shape index (κ3) is 2.78. The van der Waals surface area contributed by atoms with Crippen molar-refractivity contribution in [1.29, 1.82) is 0 Å². The van der Waals surface area contributed by atoms with E-state index in [4.69, 9.17) is 17.3 Å². The van der Waals surface area contributed by atoms with Gasteiger partial charge in [-0.2, -0.15) is 0 Å². The summed E-state index contributed by atoms with van der Waals surface area (Å²) >= 11 is 5.80. The number of hydrogen-bond donors (Lipinski definition) is 2. The second-order valence-corrected chi connectivity index (χ2v) is 4.13. The molecule has 92 valence electrons. The van der Waals surface area contributed by atoms with Crippen LogP contribution in [0.25, 0.3) is 0 Å². The Morgan fingerprint density at radius 3 is 2.50 bits per heavy atom. The maximum absolute atomic E-state index is 12.7. The van der Waals surface area contributed by atoms with Crippen LogP contribution in [0.5, 0.6) is 0 Å². The third-order valence-corrected chi connectivity index (χ3v) is 2.60. The molecule has 0 atom stereocenters. The zero-order valence-corrected chi connectivity index (χ0v) is 10.0. The molecule has 2 aromatic rings. The largest absolute Gasteiger partial charge is 0.398 e. The predicted octanol–water partition coefficient (Wildman–Crippen LogP) is 3.31. The van der Waals surface area contributed by atoms with E-state index < -0.39 is 0 Å². The summed E-state index contributed by atoms with van der Waals surface area (Å²) in [7, 11) is 0. The van der Waals surface area contributed by atoms with E-state index in [0.29, 0.717) is 16.4 Å². The monoisotopic (exact) mass is 264 g/mol. The second-order valence-electron chi connectivity index (χ2n) is 3.69. The second kappa shape index (κ2) is 5.06. The van der Waals surface area contributed by atoms with Gasteiger partial charge in [-0.25, -0.2) is 4.39 Å². The molecule has 0 radical (unpaired) electrons. The van der Waals surface area contributed by atoms with Crippen molar-refractivity contribution in [2.45, 2.75) is 0 Å². The van der Waals surface area contributed by atoms with Crippen molar-refractivity contribution in [3.05, 3.63) is 58.9 Å². The number of nitrogens with one attached hydrogen (secondary N) is 1. The van der Waals surface area contributed by atoms with Crippen LogP contribution in [0.4, 0.5) is 15.8 Å². The Balaban J connectivity index is 2.21. The Kier molecular flexibility index (Phi) is 3.48. The van der Waals surface area contributed by atoms with Crippen molar-refractivity contribution in [2.75, 3.05) is 11.1 Å². The lowest BCUT2D eigenvalue weighted by Crippen LogP contribution is -2.14. The van der Waals surface area contributed by atoms with E-state index in [-0.39, 0.29) is 17.3 Å². The highest BCUT2D eigenvalue weighted by Crippen LogP contribution is 2.19. The molecule has 0 unspecified atom stereocenters. The molecule has 0 fully saturated rings. The molecule has 2 aromatic carbocycles. The maximum atomic E-state index is 12.7. The van der Waals surface area contributed by atoms with Crippen LogP contribution < -0.4 is 11.1 Å². The van der Waals surface area contributed by atoms with Gasteiger partial charge in [0.1, 0.15) is 5.82 Å². The van der Waals surface area contributed by atoms with Crippen LogP contribution >= 0.6 is 11.6 Å². The van der Waals surface area contributed by atoms with Gasteiger partial charge in [-0.1, -0.05) is 11.6 Å². The lowest BCUT2D eigenvalue weighted by Gasteiger charge is -2.07. The number of nitrogens with two attached hydrogens (primary N) is 1. The molecular weight excluding hydrogens is 255 g/mol. The minimum atomic E-state index is -0.387. The average Bonchev–Trinajstić information content (AvgIpc) is 2.35. The maximum Gasteiger partial charge on any atom is 0.257 e. The molecule has 0 heterocycles. The first kappa shape index (κ1) is 12.4. The number of amides is 1. The van der Waals surface area contributed by atoms with Gasteiger partial charge in [0.05, 0.1) is 5.56 Å². The van der Waals surface area contributed by atoms with Gasteiger partial charge in [0, 0.05) is 16.4 Å². The summed E-state index contributed by atoms with van der Waals surface area (Å²) in [5, 5.41) is 3.03. The van der Waals surface area contributed by atoms with Crippen molar-refractivity contribution in [2.24, 2.45) is 0 Å². The van der Waals surface area contributed by atoms with E-state index in [2.05, 4.69) is 5.32 Å². The molecule has 0 spiro atoms. The van der Waals surface area contributed by atoms with Crippen molar-refractivity contribution in [3.8, 4) is 0 Å². The Morgan fingerprint density at radius 1 is 1.17 bits per heavy atom. The summed E-state index contributed by atoms with van der Waals surface area (Å²) in [5.41, 5.74) is 6.79. The molecule has 18 heavy (non-hydrogen) atoms. The topological polar surface area (TPSA) is 55.1 Å². The minimum absolute atomic E-state index is 0.284. The van der Waals surface area contributed by atoms with Crippen LogP contribution in [0.15, 0.2) is 42.5 Å². The summed E-state index contributed by atoms with van der Waals surface area (Å²) in [4.78, 5) is 11.9. The lowest BCUT2D eigenvalue weighted by molar-refractivity contribution is 0.102. The highest BCUT2D eigenvalue weighted by Gasteiger charge is 2.10. The first-order valence-corrected chi connectivity index (χ1v) is 5.56. The van der Waals surface area contributed by atoms with Crippen LogP contribution in [0.1, 0.15) is 10.4 Å². The van der Waals surface area contributed by atoms with Gasteiger partial charge < -0.3 is 11.1 Å². The Hall–Kier alpha value is -2.07. The van der Waals surface area contributed by atoms with Gasteiger partial charge in [-0.15, -0.1) is 0 Å². The van der Waals surface area contributed by atoms with Gasteiger partial charge in [0.25, 0.3) is 5.91 Å². The molecule has 0 saturated heterocycles. The molecule has 5 heteroatoms. The van der Waals surface area contributed by atoms with Gasteiger partial charge >= 0.3 is 0 Å². The van der Waals surface area contributed by atoms with Crippen LogP contribution in [-0.2, 0) is 0 Å². The number of nitrogen functional groups attached to an aromatic ring is 1. The van der Waals surface area contributed by atoms with Gasteiger partial charge in [-0.05, 0) is 42.5 Å². The predicted molar refractivity (Wildman–Crippen MR) is 70.2 cm³/mol. The number of carbonyl (C=O) groups excluding carboxylic acids is 1. The van der Waals surface area contributed by atoms with Crippen molar-refractivity contribution in [1.82, 2.24) is 0 Å². The smallest absolute Gasteiger partial charge is 0.257 e. The Labute approximate surface area is 108 Å². The molecule has 0 bridgehead atoms. The fourth-order valence-electron chi connectivity index (χ4n) is 1.46. The molecule has 0 aliphatic carbocycles. The van der Waals surface area contributed by atoms with E-state index in [9.17, 15) is 9.18 Å². The summed E-state index contributed by atoms with van der Waals surface area (Å²) in [6, 6.07) is 10.1. The van der Waals surface area contributed by atoms with E-state index in [0.717, 1.165) is 0 Å². The molecule has 1 amide bonds. The van der Waals surface area contributed by atoms with Crippen molar-refractivity contribution < 1.29 is 9.18 Å². The number of halogens is 2. The first-order chi connectivity index (χ1) is 8.56. The summed E-state index contributed by atoms with van der Waals surface area (Å²) in [6.45, 7) is 0. The van der Waals surface area contributed by atoms with Crippen LogP contribution in [0, 0.1) is 5.82 Å². The highest BCUT2D eigenvalue weighted by molar-refractivity contribution is 6.31. The zero-order chi connectivity index (χ0) is 13.1. The number of benzene rings is 2. The summed E-state index contributed by atoms with van der Waals surface area (Å²) in [6.07, 6.45) is 0. The standard InChI is InChI=1S/C13H10ClFN2O/c14-8-1-6-12(16)11(7-8)13(18)17-10-4-2-9(15)3-5-10/h1-7H,16H2,(H,17,18). The van der Waals surface area contributed by atoms with Crippen LogP contribution in [-0.4, -0.2) is 5.91 Å². The Bertz CT molecular complexity index is 584. The molecule has 0 aliphatic heterocycles. The zero-order valence-electron chi connectivity index (χ0n) is 9.28. The van der Waals surface area contributed by atoms with Gasteiger partial charge in [-0.3, -0.25) is 4.79 Å². The summed E-state index contributed by atoms with van der Waals surface area (Å²) < 4.78 is 12.7. The summed E-state index contributed by atoms with van der Waals surface area (Å²) in [5.74, 6) is -0.753. The quantitative estimate of drug-likeness (QED) is 0.818.